The van der Waals surface area contributed by atoms with Gasteiger partial charge in [-0.15, -0.1) is 0 Å². The number of aliphatic carboxylic acids is 1. The van der Waals surface area contributed by atoms with Crippen molar-refractivity contribution in [2.45, 2.75) is 25.8 Å². The van der Waals surface area contributed by atoms with Crippen LogP contribution in [0.2, 0.25) is 0 Å². The lowest BCUT2D eigenvalue weighted by Gasteiger charge is -2.22. The zero-order valence-electron chi connectivity index (χ0n) is 9.87. The van der Waals surface area contributed by atoms with Crippen LogP contribution in [0.25, 0.3) is 0 Å². The Hall–Kier alpha value is -2.18. The highest BCUT2D eigenvalue weighted by Crippen LogP contribution is 2.26. The van der Waals surface area contributed by atoms with E-state index in [9.17, 15) is 14.9 Å². The third-order valence-corrected chi connectivity index (χ3v) is 3.07. The van der Waals surface area contributed by atoms with Gasteiger partial charge in [-0.3, -0.25) is 10.1 Å². The summed E-state index contributed by atoms with van der Waals surface area (Å²) < 4.78 is 0. The van der Waals surface area contributed by atoms with Gasteiger partial charge in [0.05, 0.1) is 4.92 Å². The normalized spacial score (nSPS) is 18.9. The highest BCUT2D eigenvalue weighted by Gasteiger charge is 2.31. The SMILES string of the molecule is Cc1nc(N2CCC[C@H]2C(=O)O)ccc1[N+](=O)[O-]. The second-order valence-electron chi connectivity index (χ2n) is 4.22. The molecular weight excluding hydrogens is 238 g/mol. The number of nitrogens with zero attached hydrogens (tertiary/aromatic N) is 3. The fraction of sp³-hybridized carbons (Fsp3) is 0.455. The number of aromatic nitrogens is 1. The van der Waals surface area contributed by atoms with E-state index in [1.807, 2.05) is 0 Å². The van der Waals surface area contributed by atoms with Crippen molar-refractivity contribution in [3.63, 3.8) is 0 Å². The van der Waals surface area contributed by atoms with Crippen LogP contribution in [0.15, 0.2) is 12.1 Å². The minimum absolute atomic E-state index is 0.0511. The highest BCUT2D eigenvalue weighted by molar-refractivity contribution is 5.78. The van der Waals surface area contributed by atoms with Crippen LogP contribution < -0.4 is 4.90 Å². The minimum Gasteiger partial charge on any atom is -0.480 e. The summed E-state index contributed by atoms with van der Waals surface area (Å²) in [7, 11) is 0. The number of hydrogen-bond acceptors (Lipinski definition) is 5. The first-order valence-electron chi connectivity index (χ1n) is 5.62. The Morgan fingerprint density at radius 2 is 2.33 bits per heavy atom. The van der Waals surface area contributed by atoms with Gasteiger partial charge in [-0.2, -0.15) is 0 Å². The molecule has 2 heterocycles. The van der Waals surface area contributed by atoms with Crippen LogP contribution in [0.5, 0.6) is 0 Å². The summed E-state index contributed by atoms with van der Waals surface area (Å²) >= 11 is 0. The average Bonchev–Trinajstić information content (AvgIpc) is 2.77. The Morgan fingerprint density at radius 3 is 2.89 bits per heavy atom. The Morgan fingerprint density at radius 1 is 1.61 bits per heavy atom. The second kappa shape index (κ2) is 4.59. The van der Waals surface area contributed by atoms with Crippen LogP contribution in [0.3, 0.4) is 0 Å². The van der Waals surface area contributed by atoms with Gasteiger partial charge in [-0.05, 0) is 25.8 Å². The van der Waals surface area contributed by atoms with Gasteiger partial charge in [0.2, 0.25) is 0 Å². The van der Waals surface area contributed by atoms with E-state index in [2.05, 4.69) is 4.98 Å². The first kappa shape index (κ1) is 12.3. The largest absolute Gasteiger partial charge is 0.480 e. The lowest BCUT2D eigenvalue weighted by Crippen LogP contribution is -2.36. The molecule has 1 aliphatic heterocycles. The van der Waals surface area contributed by atoms with E-state index < -0.39 is 16.9 Å². The van der Waals surface area contributed by atoms with Gasteiger partial charge < -0.3 is 10.0 Å². The molecule has 0 amide bonds. The summed E-state index contributed by atoms with van der Waals surface area (Å²) in [6.07, 6.45) is 1.36. The molecule has 7 nitrogen and oxygen atoms in total. The van der Waals surface area contributed by atoms with Gasteiger partial charge in [-0.1, -0.05) is 0 Å². The number of rotatable bonds is 3. The molecule has 1 aromatic rings. The van der Waals surface area contributed by atoms with Gasteiger partial charge in [0.1, 0.15) is 17.6 Å². The molecule has 7 heteroatoms. The van der Waals surface area contributed by atoms with Crippen LogP contribution in [0.4, 0.5) is 11.5 Å². The standard InChI is InChI=1S/C11H13N3O4/c1-7-8(14(17)18)4-5-10(12-7)13-6-2-3-9(13)11(15)16/h4-5,9H,2-3,6H2,1H3,(H,15,16)/t9-/m0/s1. The Kier molecular flexibility index (Phi) is 3.14. The Bertz CT molecular complexity index is 503. The van der Waals surface area contributed by atoms with E-state index in [0.29, 0.717) is 24.5 Å². The fourth-order valence-electron chi connectivity index (χ4n) is 2.19. The first-order chi connectivity index (χ1) is 8.50. The van der Waals surface area contributed by atoms with Gasteiger partial charge in [0, 0.05) is 12.6 Å². The summed E-state index contributed by atoms with van der Waals surface area (Å²) in [6.45, 7) is 2.16. The molecule has 1 saturated heterocycles. The van der Waals surface area contributed by atoms with Crippen LogP contribution in [0, 0.1) is 17.0 Å². The van der Waals surface area contributed by atoms with E-state index in [0.717, 1.165) is 6.42 Å². The first-order valence-corrected chi connectivity index (χ1v) is 5.62. The van der Waals surface area contributed by atoms with Crippen LogP contribution in [0.1, 0.15) is 18.5 Å². The van der Waals surface area contributed by atoms with Crippen molar-refractivity contribution in [2.75, 3.05) is 11.4 Å². The Labute approximate surface area is 103 Å². The van der Waals surface area contributed by atoms with Crippen molar-refractivity contribution >= 4 is 17.5 Å². The number of carbonyl (C=O) groups is 1. The Balaban J connectivity index is 2.32. The molecule has 1 aliphatic rings. The summed E-state index contributed by atoms with van der Waals surface area (Å²) in [5, 5.41) is 19.8. The molecule has 0 bridgehead atoms. The minimum atomic E-state index is -0.884. The molecule has 2 rings (SSSR count). The maximum atomic E-state index is 11.1. The van der Waals surface area contributed by atoms with E-state index in [-0.39, 0.29) is 5.69 Å². The molecule has 0 spiro atoms. The van der Waals surface area contributed by atoms with Crippen molar-refractivity contribution in [3.05, 3.63) is 27.9 Å². The average molecular weight is 251 g/mol. The lowest BCUT2D eigenvalue weighted by molar-refractivity contribution is -0.385. The molecule has 1 aromatic heterocycles. The molecule has 1 atom stereocenters. The van der Waals surface area contributed by atoms with Gasteiger partial charge in [0.15, 0.2) is 0 Å². The number of aryl methyl sites for hydroxylation is 1. The van der Waals surface area contributed by atoms with Crippen molar-refractivity contribution in [1.82, 2.24) is 4.98 Å². The van der Waals surface area contributed by atoms with Crippen molar-refractivity contribution in [1.29, 1.82) is 0 Å². The molecule has 96 valence electrons. The smallest absolute Gasteiger partial charge is 0.326 e. The molecule has 1 N–H and O–H groups in total. The van der Waals surface area contributed by atoms with Crippen molar-refractivity contribution in [3.8, 4) is 0 Å². The highest BCUT2D eigenvalue weighted by atomic mass is 16.6. The molecule has 0 aliphatic carbocycles. The molecular formula is C11H13N3O4. The number of carboxylic acid groups (broad SMARTS) is 1. The number of nitro groups is 1. The van der Waals surface area contributed by atoms with E-state index in [1.165, 1.54) is 12.1 Å². The van der Waals surface area contributed by atoms with Crippen LogP contribution in [-0.2, 0) is 4.79 Å². The third kappa shape index (κ3) is 2.11. The number of anilines is 1. The summed E-state index contributed by atoms with van der Waals surface area (Å²) in [5.74, 6) is -0.395. The van der Waals surface area contributed by atoms with Gasteiger partial charge >= 0.3 is 5.97 Å². The second-order valence-corrected chi connectivity index (χ2v) is 4.22. The van der Waals surface area contributed by atoms with Gasteiger partial charge in [0.25, 0.3) is 5.69 Å². The van der Waals surface area contributed by atoms with Crippen LogP contribution in [-0.4, -0.2) is 33.6 Å². The predicted octanol–water partition coefficient (Wildman–Crippen LogP) is 1.35. The predicted molar refractivity (Wildman–Crippen MR) is 63.6 cm³/mol. The molecule has 0 saturated carbocycles. The molecule has 0 radical (unpaired) electrons. The van der Waals surface area contributed by atoms with Crippen LogP contribution >= 0.6 is 0 Å². The molecule has 1 fully saturated rings. The summed E-state index contributed by atoms with van der Waals surface area (Å²) in [6, 6.07) is 2.29. The van der Waals surface area contributed by atoms with Gasteiger partial charge in [-0.25, -0.2) is 9.78 Å². The number of pyridine rings is 1. The maximum absolute atomic E-state index is 11.1. The number of carboxylic acids is 1. The molecule has 0 unspecified atom stereocenters. The summed E-state index contributed by atoms with van der Waals surface area (Å²) in [4.78, 5) is 27.1. The topological polar surface area (TPSA) is 96.6 Å². The lowest BCUT2D eigenvalue weighted by atomic mass is 10.2. The zero-order valence-corrected chi connectivity index (χ0v) is 9.87. The molecule has 0 aromatic carbocycles. The quantitative estimate of drug-likeness (QED) is 0.643. The third-order valence-electron chi connectivity index (χ3n) is 3.07. The molecule has 18 heavy (non-hydrogen) atoms. The van der Waals surface area contributed by atoms with E-state index >= 15 is 0 Å². The van der Waals surface area contributed by atoms with Crippen molar-refractivity contribution < 1.29 is 14.8 Å². The zero-order chi connectivity index (χ0) is 13.3. The monoisotopic (exact) mass is 251 g/mol. The summed E-state index contributed by atoms with van der Waals surface area (Å²) in [5.41, 5.74) is 0.248. The van der Waals surface area contributed by atoms with E-state index in [4.69, 9.17) is 5.11 Å². The fourth-order valence-corrected chi connectivity index (χ4v) is 2.19. The number of hydrogen-bond donors (Lipinski definition) is 1. The van der Waals surface area contributed by atoms with Crippen molar-refractivity contribution in [2.24, 2.45) is 0 Å². The maximum Gasteiger partial charge on any atom is 0.326 e. The van der Waals surface area contributed by atoms with E-state index in [1.54, 1.807) is 11.8 Å².